The van der Waals surface area contributed by atoms with Crippen molar-refractivity contribution in [3.8, 4) is 0 Å². The smallest absolute Gasteiger partial charge is 0.265 e. The monoisotopic (exact) mass is 400 g/mol. The maximum atomic E-state index is 13.3. The van der Waals surface area contributed by atoms with Crippen LogP contribution in [0.2, 0.25) is 0 Å². The van der Waals surface area contributed by atoms with Crippen LogP contribution >= 0.6 is 0 Å². The second kappa shape index (κ2) is 7.01. The van der Waals surface area contributed by atoms with Gasteiger partial charge in [0.25, 0.3) is 15.9 Å². The van der Waals surface area contributed by atoms with Gasteiger partial charge in [0.1, 0.15) is 12.9 Å². The molecule has 28 heavy (non-hydrogen) atoms. The Hall–Kier alpha value is -2.75. The van der Waals surface area contributed by atoms with Crippen LogP contribution in [0.25, 0.3) is 0 Å². The fraction of sp³-hybridized carbons (Fsp3) is 0.263. The quantitative estimate of drug-likeness (QED) is 0.787. The SMILES string of the molecule is CCON1C(=O)CN(S(=O)(=O)c2ccc(C)cc2)N2C=Nc3ccccc3C12. The number of amides is 1. The molecule has 146 valence electrons. The number of sulfonamides is 1. The topological polar surface area (TPSA) is 82.5 Å². The minimum Gasteiger partial charge on any atom is -0.271 e. The summed E-state index contributed by atoms with van der Waals surface area (Å²) in [6, 6.07) is 13.8. The minimum atomic E-state index is -3.96. The van der Waals surface area contributed by atoms with Crippen molar-refractivity contribution in [1.82, 2.24) is 14.5 Å². The van der Waals surface area contributed by atoms with Crippen LogP contribution in [-0.2, 0) is 19.7 Å². The molecule has 2 aromatic rings. The summed E-state index contributed by atoms with van der Waals surface area (Å²) in [7, 11) is -3.96. The molecular formula is C19H20N4O4S. The summed E-state index contributed by atoms with van der Waals surface area (Å²) in [5.74, 6) is -0.441. The van der Waals surface area contributed by atoms with Crippen LogP contribution in [0.3, 0.4) is 0 Å². The molecule has 4 rings (SSSR count). The van der Waals surface area contributed by atoms with Gasteiger partial charge in [-0.15, -0.1) is 0 Å². The van der Waals surface area contributed by atoms with Crippen molar-refractivity contribution in [3.63, 3.8) is 0 Å². The highest BCUT2D eigenvalue weighted by atomic mass is 32.2. The number of rotatable bonds is 4. The number of benzene rings is 2. The van der Waals surface area contributed by atoms with Crippen LogP contribution in [-0.4, -0.2) is 48.3 Å². The van der Waals surface area contributed by atoms with Gasteiger partial charge in [0, 0.05) is 5.56 Å². The lowest BCUT2D eigenvalue weighted by atomic mass is 10.1. The lowest BCUT2D eigenvalue weighted by Gasteiger charge is -2.47. The third-order valence-electron chi connectivity index (χ3n) is 4.64. The van der Waals surface area contributed by atoms with Crippen molar-refractivity contribution in [2.45, 2.75) is 24.9 Å². The van der Waals surface area contributed by atoms with E-state index in [4.69, 9.17) is 4.84 Å². The molecule has 1 saturated heterocycles. The number of hydrogen-bond acceptors (Lipinski definition) is 6. The van der Waals surface area contributed by atoms with Crippen molar-refractivity contribution >= 4 is 28.0 Å². The molecule has 0 radical (unpaired) electrons. The van der Waals surface area contributed by atoms with Crippen molar-refractivity contribution < 1.29 is 18.0 Å². The van der Waals surface area contributed by atoms with Crippen LogP contribution in [0.1, 0.15) is 24.2 Å². The predicted molar refractivity (Wildman–Crippen MR) is 103 cm³/mol. The first kappa shape index (κ1) is 18.6. The van der Waals surface area contributed by atoms with E-state index in [2.05, 4.69) is 4.99 Å². The van der Waals surface area contributed by atoms with Gasteiger partial charge in [0.15, 0.2) is 6.17 Å². The summed E-state index contributed by atoms with van der Waals surface area (Å²) in [6.07, 6.45) is 0.673. The number of para-hydroxylation sites is 1. The maximum Gasteiger partial charge on any atom is 0.265 e. The van der Waals surface area contributed by atoms with Gasteiger partial charge >= 0.3 is 0 Å². The van der Waals surface area contributed by atoms with Crippen LogP contribution < -0.4 is 0 Å². The zero-order chi connectivity index (χ0) is 19.9. The Morgan fingerprint density at radius 2 is 1.86 bits per heavy atom. The Balaban J connectivity index is 1.81. The molecule has 2 aromatic carbocycles. The number of nitrogens with zero attached hydrogens (tertiary/aromatic N) is 4. The fourth-order valence-corrected chi connectivity index (χ4v) is 4.67. The Morgan fingerprint density at radius 3 is 2.57 bits per heavy atom. The summed E-state index contributed by atoms with van der Waals surface area (Å²) in [4.78, 5) is 22.9. The van der Waals surface area contributed by atoms with E-state index in [0.717, 1.165) is 9.98 Å². The number of carbonyl (C=O) groups is 1. The zero-order valence-electron chi connectivity index (χ0n) is 15.5. The number of aryl methyl sites for hydroxylation is 1. The molecule has 1 amide bonds. The van der Waals surface area contributed by atoms with E-state index in [-0.39, 0.29) is 18.0 Å². The third-order valence-corrected chi connectivity index (χ3v) is 6.38. The molecule has 0 aromatic heterocycles. The number of carbonyl (C=O) groups excluding carboxylic acids is 1. The molecule has 2 aliphatic rings. The lowest BCUT2D eigenvalue weighted by molar-refractivity contribution is -0.241. The maximum absolute atomic E-state index is 13.3. The molecule has 1 fully saturated rings. The summed E-state index contributed by atoms with van der Waals surface area (Å²) >= 11 is 0. The van der Waals surface area contributed by atoms with Gasteiger partial charge in [-0.2, -0.15) is 5.06 Å². The van der Waals surface area contributed by atoms with E-state index >= 15 is 0 Å². The third kappa shape index (κ3) is 2.97. The minimum absolute atomic E-state index is 0.113. The number of hydrogen-bond donors (Lipinski definition) is 0. The van der Waals surface area contributed by atoms with Gasteiger partial charge in [0.2, 0.25) is 0 Å². The van der Waals surface area contributed by atoms with Crippen molar-refractivity contribution in [1.29, 1.82) is 0 Å². The Kier molecular flexibility index (Phi) is 4.66. The number of hydrazine groups is 1. The van der Waals surface area contributed by atoms with Crippen molar-refractivity contribution in [3.05, 3.63) is 59.7 Å². The summed E-state index contributed by atoms with van der Waals surface area (Å²) in [6.45, 7) is 3.56. The van der Waals surface area contributed by atoms with E-state index in [1.165, 1.54) is 28.5 Å². The molecular weight excluding hydrogens is 380 g/mol. The number of fused-ring (bicyclic) bond motifs is 3. The van der Waals surface area contributed by atoms with E-state index < -0.39 is 22.1 Å². The van der Waals surface area contributed by atoms with Crippen LogP contribution in [0.5, 0.6) is 0 Å². The van der Waals surface area contributed by atoms with Gasteiger partial charge < -0.3 is 0 Å². The average molecular weight is 400 g/mol. The number of aliphatic imine (C=N–C) groups is 1. The van der Waals surface area contributed by atoms with Gasteiger partial charge in [-0.25, -0.2) is 13.4 Å². The summed E-state index contributed by atoms with van der Waals surface area (Å²) < 4.78 is 27.6. The molecule has 8 nitrogen and oxygen atoms in total. The van der Waals surface area contributed by atoms with Gasteiger partial charge in [0.05, 0.1) is 17.2 Å². The molecule has 0 N–H and O–H groups in total. The van der Waals surface area contributed by atoms with Crippen molar-refractivity contribution in [2.24, 2.45) is 4.99 Å². The molecule has 9 heteroatoms. The second-order valence-electron chi connectivity index (χ2n) is 6.49. The standard InChI is InChI=1S/C19H20N4O4S/c1-3-27-23-18(24)12-22(28(25,26)15-10-8-14(2)9-11-15)21-13-20-17-7-5-4-6-16(17)19(21)23/h4-11,13,19H,3,12H2,1-2H3. The van der Waals surface area contributed by atoms with Crippen LogP contribution in [0, 0.1) is 6.92 Å². The first-order chi connectivity index (χ1) is 13.4. The fourth-order valence-electron chi connectivity index (χ4n) is 3.29. The molecule has 1 unspecified atom stereocenters. The highest BCUT2D eigenvalue weighted by molar-refractivity contribution is 7.89. The second-order valence-corrected chi connectivity index (χ2v) is 8.34. The van der Waals surface area contributed by atoms with Crippen LogP contribution in [0.15, 0.2) is 58.4 Å². The number of hydroxylamine groups is 2. The van der Waals surface area contributed by atoms with E-state index in [9.17, 15) is 13.2 Å². The lowest BCUT2D eigenvalue weighted by Crippen LogP contribution is -2.62. The molecule has 2 heterocycles. The molecule has 1 atom stereocenters. The Morgan fingerprint density at radius 1 is 1.14 bits per heavy atom. The predicted octanol–water partition coefficient (Wildman–Crippen LogP) is 2.37. The summed E-state index contributed by atoms with van der Waals surface area (Å²) in [5, 5.41) is 2.67. The average Bonchev–Trinajstić information content (AvgIpc) is 2.69. The molecule has 0 spiro atoms. The van der Waals surface area contributed by atoms with Gasteiger partial charge in [-0.3, -0.25) is 14.6 Å². The van der Waals surface area contributed by atoms with E-state index in [0.29, 0.717) is 11.3 Å². The molecule has 2 aliphatic heterocycles. The Labute approximate surface area is 163 Å². The largest absolute Gasteiger partial charge is 0.271 e. The zero-order valence-corrected chi connectivity index (χ0v) is 16.3. The van der Waals surface area contributed by atoms with E-state index in [1.807, 2.05) is 31.2 Å². The Bertz CT molecular complexity index is 1040. The van der Waals surface area contributed by atoms with E-state index in [1.54, 1.807) is 19.1 Å². The van der Waals surface area contributed by atoms with Crippen molar-refractivity contribution in [2.75, 3.05) is 13.2 Å². The normalized spacial score (nSPS) is 19.5. The van der Waals surface area contributed by atoms with Crippen LogP contribution in [0.4, 0.5) is 5.69 Å². The highest BCUT2D eigenvalue weighted by Crippen LogP contribution is 2.40. The molecule has 0 aliphatic carbocycles. The first-order valence-electron chi connectivity index (χ1n) is 8.89. The van der Waals surface area contributed by atoms with Gasteiger partial charge in [-0.1, -0.05) is 40.3 Å². The molecule has 0 saturated carbocycles. The highest BCUT2D eigenvalue weighted by Gasteiger charge is 2.47. The van der Waals surface area contributed by atoms with Gasteiger partial charge in [-0.05, 0) is 32.0 Å². The summed E-state index contributed by atoms with van der Waals surface area (Å²) in [5.41, 5.74) is 2.30. The first-order valence-corrected chi connectivity index (χ1v) is 10.3. The molecule has 0 bridgehead atoms.